The minimum Gasteiger partial charge on any atom is -0.275 e. The Bertz CT molecular complexity index is 207. The molecule has 0 radical (unpaired) electrons. The number of imidazole rings is 1. The number of rotatable bonds is 1. The van der Waals surface area contributed by atoms with Crippen molar-refractivity contribution in [1.82, 2.24) is 15.0 Å². The summed E-state index contributed by atoms with van der Waals surface area (Å²) in [6.45, 7) is 0. The third-order valence-electron chi connectivity index (χ3n) is 0.928. The van der Waals surface area contributed by atoms with Crippen molar-refractivity contribution in [3.05, 3.63) is 18.7 Å². The van der Waals surface area contributed by atoms with Gasteiger partial charge < -0.3 is 0 Å². The van der Waals surface area contributed by atoms with E-state index in [1.165, 1.54) is 30.4 Å². The first kappa shape index (κ1) is 6.76. The van der Waals surface area contributed by atoms with Gasteiger partial charge in [0.05, 0.1) is 7.11 Å². The van der Waals surface area contributed by atoms with Crippen LogP contribution in [0.2, 0.25) is 0 Å². The lowest BCUT2D eigenvalue weighted by Gasteiger charge is -1.99. The van der Waals surface area contributed by atoms with E-state index >= 15 is 0 Å². The van der Waals surface area contributed by atoms with E-state index < -0.39 is 0 Å². The van der Waals surface area contributed by atoms with E-state index in [0.717, 1.165) is 0 Å². The Kier molecular flexibility index (Phi) is 2.01. The molecule has 1 heterocycles. The lowest BCUT2D eigenvalue weighted by atomic mass is 10.9. The topological polar surface area (TPSA) is 56.1 Å². The predicted octanol–water partition coefficient (Wildman–Crippen LogP) is 0.00220. The molecule has 5 nitrogen and oxygen atoms in total. The Labute approximate surface area is 57.6 Å². The third kappa shape index (κ3) is 1.32. The molecule has 1 aromatic heterocycles. The molecule has 5 heteroatoms. The summed E-state index contributed by atoms with van der Waals surface area (Å²) in [4.78, 5) is 18.8. The average Bonchev–Trinajstić information content (AvgIpc) is 2.38. The van der Waals surface area contributed by atoms with Gasteiger partial charge in [0.25, 0.3) is 0 Å². The molecule has 0 fully saturated rings. The van der Waals surface area contributed by atoms with E-state index in [2.05, 4.69) is 15.3 Å². The van der Waals surface area contributed by atoms with E-state index in [1.807, 2.05) is 0 Å². The van der Waals surface area contributed by atoms with Crippen molar-refractivity contribution in [1.29, 1.82) is 0 Å². The normalized spacial score (nSPS) is 9.30. The maximum Gasteiger partial charge on any atom is 0.350 e. The molecule has 0 aliphatic rings. The second-order valence-electron chi connectivity index (χ2n) is 1.58. The summed E-state index contributed by atoms with van der Waals surface area (Å²) >= 11 is 0. The van der Waals surface area contributed by atoms with E-state index in [1.54, 1.807) is 0 Å². The number of hydrogen-bond acceptors (Lipinski definition) is 3. The first-order valence-electron chi connectivity index (χ1n) is 2.66. The molecule has 0 atom stereocenters. The first-order chi connectivity index (χ1) is 4.84. The van der Waals surface area contributed by atoms with E-state index in [0.29, 0.717) is 0 Å². The highest BCUT2D eigenvalue weighted by molar-refractivity contribution is 5.75. The van der Waals surface area contributed by atoms with Gasteiger partial charge in [-0.2, -0.15) is 0 Å². The van der Waals surface area contributed by atoms with Gasteiger partial charge in [-0.05, 0) is 0 Å². The second kappa shape index (κ2) is 2.98. The molecule has 0 saturated heterocycles. The molecule has 0 aromatic carbocycles. The van der Waals surface area contributed by atoms with E-state index in [-0.39, 0.29) is 6.03 Å². The molecule has 1 N–H and O–H groups in total. The van der Waals surface area contributed by atoms with Crippen molar-refractivity contribution in [2.75, 3.05) is 7.11 Å². The zero-order valence-corrected chi connectivity index (χ0v) is 5.44. The zero-order chi connectivity index (χ0) is 7.40. The van der Waals surface area contributed by atoms with Gasteiger partial charge in [-0.25, -0.2) is 15.3 Å². The lowest BCUT2D eigenvalue weighted by Crippen LogP contribution is -2.26. The molecule has 0 aliphatic carbocycles. The molecule has 1 rings (SSSR count). The second-order valence-corrected chi connectivity index (χ2v) is 1.58. The van der Waals surface area contributed by atoms with Crippen LogP contribution in [0.3, 0.4) is 0 Å². The lowest BCUT2D eigenvalue weighted by molar-refractivity contribution is 0.108. The number of hydroxylamine groups is 1. The van der Waals surface area contributed by atoms with Crippen LogP contribution in [0.1, 0.15) is 0 Å². The number of carbonyl (C=O) groups excluding carboxylic acids is 1. The van der Waals surface area contributed by atoms with Crippen LogP contribution in [0, 0.1) is 0 Å². The van der Waals surface area contributed by atoms with Gasteiger partial charge in [-0.3, -0.25) is 9.40 Å². The van der Waals surface area contributed by atoms with Crippen molar-refractivity contribution in [3.63, 3.8) is 0 Å². The number of aromatic nitrogens is 2. The van der Waals surface area contributed by atoms with E-state index in [4.69, 9.17) is 0 Å². The molecule has 0 aliphatic heterocycles. The van der Waals surface area contributed by atoms with Gasteiger partial charge >= 0.3 is 6.03 Å². The summed E-state index contributed by atoms with van der Waals surface area (Å²) in [5.41, 5.74) is 2.13. The third-order valence-corrected chi connectivity index (χ3v) is 0.928. The maximum atomic E-state index is 10.8. The minimum atomic E-state index is -0.361. The maximum absolute atomic E-state index is 10.8. The van der Waals surface area contributed by atoms with Crippen molar-refractivity contribution in [3.8, 4) is 0 Å². The van der Waals surface area contributed by atoms with E-state index in [9.17, 15) is 4.79 Å². The summed E-state index contributed by atoms with van der Waals surface area (Å²) in [6.07, 6.45) is 4.41. The molecular formula is C5H7N3O2. The average molecular weight is 141 g/mol. The fraction of sp³-hybridized carbons (Fsp3) is 0.200. The van der Waals surface area contributed by atoms with Gasteiger partial charge in [-0.15, -0.1) is 0 Å². The fourth-order valence-corrected chi connectivity index (χ4v) is 0.519. The molecule has 0 unspecified atom stereocenters. The monoisotopic (exact) mass is 141 g/mol. The summed E-state index contributed by atoms with van der Waals surface area (Å²) in [5, 5.41) is 0. The molecule has 1 aromatic rings. The van der Waals surface area contributed by atoms with Crippen LogP contribution in [0.25, 0.3) is 0 Å². The quantitative estimate of drug-likeness (QED) is 0.560. The Morgan fingerprint density at radius 3 is 3.10 bits per heavy atom. The molecule has 54 valence electrons. The zero-order valence-electron chi connectivity index (χ0n) is 5.44. The van der Waals surface area contributed by atoms with Crippen molar-refractivity contribution in [2.45, 2.75) is 0 Å². The van der Waals surface area contributed by atoms with Crippen LogP contribution in [0.4, 0.5) is 4.79 Å². The van der Waals surface area contributed by atoms with Crippen molar-refractivity contribution in [2.24, 2.45) is 0 Å². The number of hydrogen-bond donors (Lipinski definition) is 1. The standard InChI is InChI=1S/C5H7N3O2/c1-10-7-5(9)8-3-2-6-4-8/h2-4H,1H3,(H,7,9). The Morgan fingerprint density at radius 2 is 2.60 bits per heavy atom. The molecule has 0 spiro atoms. The molecular weight excluding hydrogens is 134 g/mol. The number of nitrogens with one attached hydrogen (secondary N) is 1. The molecule has 10 heavy (non-hydrogen) atoms. The van der Waals surface area contributed by atoms with Crippen LogP contribution in [-0.2, 0) is 4.84 Å². The Balaban J connectivity index is 2.59. The fourth-order valence-electron chi connectivity index (χ4n) is 0.519. The molecule has 0 bridgehead atoms. The predicted molar refractivity (Wildman–Crippen MR) is 33.2 cm³/mol. The van der Waals surface area contributed by atoms with Crippen molar-refractivity contribution >= 4 is 6.03 Å². The van der Waals surface area contributed by atoms with Crippen LogP contribution in [0.5, 0.6) is 0 Å². The largest absolute Gasteiger partial charge is 0.350 e. The van der Waals surface area contributed by atoms with Gasteiger partial charge in [0.2, 0.25) is 0 Å². The molecule has 1 amide bonds. The minimum absolute atomic E-state index is 0.361. The van der Waals surface area contributed by atoms with Crippen LogP contribution in [0.15, 0.2) is 18.7 Å². The Hall–Kier alpha value is -1.36. The highest BCUT2D eigenvalue weighted by Crippen LogP contribution is 1.83. The number of amides is 1. The van der Waals surface area contributed by atoms with Gasteiger partial charge in [-0.1, -0.05) is 0 Å². The van der Waals surface area contributed by atoms with Crippen LogP contribution < -0.4 is 5.48 Å². The number of carbonyl (C=O) groups is 1. The highest BCUT2D eigenvalue weighted by Gasteiger charge is 1.98. The highest BCUT2D eigenvalue weighted by atomic mass is 16.6. The summed E-state index contributed by atoms with van der Waals surface area (Å²) in [5.74, 6) is 0. The summed E-state index contributed by atoms with van der Waals surface area (Å²) in [7, 11) is 1.37. The van der Waals surface area contributed by atoms with Gasteiger partial charge in [0.15, 0.2) is 0 Å². The summed E-state index contributed by atoms with van der Waals surface area (Å²) < 4.78 is 1.27. The van der Waals surface area contributed by atoms with Crippen molar-refractivity contribution < 1.29 is 9.63 Å². The molecule has 0 saturated carbocycles. The smallest absolute Gasteiger partial charge is 0.275 e. The van der Waals surface area contributed by atoms with Gasteiger partial charge in [0, 0.05) is 12.4 Å². The van der Waals surface area contributed by atoms with Gasteiger partial charge in [0.1, 0.15) is 6.33 Å². The summed E-state index contributed by atoms with van der Waals surface area (Å²) in [6, 6.07) is -0.361. The number of nitrogens with zero attached hydrogens (tertiary/aromatic N) is 2. The Morgan fingerprint density at radius 1 is 1.80 bits per heavy atom. The SMILES string of the molecule is CONC(=O)n1ccnc1. The van der Waals surface area contributed by atoms with Crippen LogP contribution in [-0.4, -0.2) is 22.7 Å². The van der Waals surface area contributed by atoms with Crippen LogP contribution >= 0.6 is 0 Å². The first-order valence-corrected chi connectivity index (χ1v) is 2.66.